The van der Waals surface area contributed by atoms with Gasteiger partial charge in [0.05, 0.1) is 21.8 Å². The number of hydrogen-bond acceptors (Lipinski definition) is 4. The number of amides is 1. The lowest BCUT2D eigenvalue weighted by Crippen LogP contribution is -2.29. The molecule has 9 heteroatoms. The summed E-state index contributed by atoms with van der Waals surface area (Å²) in [6.45, 7) is 0.332. The molecule has 2 N–H and O–H groups in total. The number of sulfonamides is 1. The van der Waals surface area contributed by atoms with Gasteiger partial charge in [0.25, 0.3) is 15.9 Å². The van der Waals surface area contributed by atoms with Crippen molar-refractivity contribution in [3.8, 4) is 0 Å². The van der Waals surface area contributed by atoms with E-state index < -0.39 is 21.9 Å². The molecule has 0 aliphatic carbocycles. The van der Waals surface area contributed by atoms with E-state index in [0.717, 1.165) is 5.56 Å². The largest absolute Gasteiger partial charge is 0.478 e. The van der Waals surface area contributed by atoms with Crippen LogP contribution < -0.4 is 9.62 Å². The predicted molar refractivity (Wildman–Crippen MR) is 120 cm³/mol. The Morgan fingerprint density at radius 3 is 2.55 bits per heavy atom. The molecular formula is C22H17BrN2O5S. The van der Waals surface area contributed by atoms with E-state index in [0.29, 0.717) is 23.1 Å². The van der Waals surface area contributed by atoms with Gasteiger partial charge < -0.3 is 10.4 Å². The number of nitrogens with one attached hydrogen (secondary N) is 1. The van der Waals surface area contributed by atoms with Crippen molar-refractivity contribution in [1.29, 1.82) is 0 Å². The third kappa shape index (κ3) is 4.06. The molecule has 158 valence electrons. The molecule has 0 radical (unpaired) electrons. The Morgan fingerprint density at radius 1 is 1.00 bits per heavy atom. The van der Waals surface area contributed by atoms with Crippen LogP contribution in [-0.4, -0.2) is 31.9 Å². The normalized spacial score (nSPS) is 13.0. The van der Waals surface area contributed by atoms with Crippen LogP contribution in [0.25, 0.3) is 0 Å². The second-order valence-corrected chi connectivity index (χ2v) is 9.71. The Hall–Kier alpha value is -3.17. The van der Waals surface area contributed by atoms with Gasteiger partial charge in [-0.2, -0.15) is 0 Å². The van der Waals surface area contributed by atoms with Crippen LogP contribution in [-0.2, 0) is 16.4 Å². The van der Waals surface area contributed by atoms with E-state index in [2.05, 4.69) is 21.2 Å². The highest BCUT2D eigenvalue weighted by Gasteiger charge is 2.31. The number of nitrogens with zero attached hydrogens (tertiary/aromatic N) is 1. The fourth-order valence-corrected chi connectivity index (χ4v) is 5.39. The zero-order valence-corrected chi connectivity index (χ0v) is 18.5. The average molecular weight is 501 g/mol. The first kappa shape index (κ1) is 21.1. The second kappa shape index (κ2) is 8.16. The highest BCUT2D eigenvalue weighted by Crippen LogP contribution is 2.33. The minimum absolute atomic E-state index is 0.00822. The number of rotatable bonds is 5. The van der Waals surface area contributed by atoms with Crippen molar-refractivity contribution in [3.05, 3.63) is 87.9 Å². The van der Waals surface area contributed by atoms with Crippen molar-refractivity contribution >= 4 is 49.2 Å². The van der Waals surface area contributed by atoms with Gasteiger partial charge in [-0.05, 0) is 54.4 Å². The molecule has 0 spiro atoms. The number of fused-ring (bicyclic) bond motifs is 1. The maximum absolute atomic E-state index is 13.2. The summed E-state index contributed by atoms with van der Waals surface area (Å²) < 4.78 is 28.3. The van der Waals surface area contributed by atoms with Crippen molar-refractivity contribution in [3.63, 3.8) is 0 Å². The molecular weight excluding hydrogens is 484 g/mol. The SMILES string of the molecule is O=C(Nc1ccc(Br)cc1C(=O)O)c1cccc(S(=O)(=O)N2CCc3ccccc32)c1. The summed E-state index contributed by atoms with van der Waals surface area (Å²) in [5, 5.41) is 11.9. The van der Waals surface area contributed by atoms with Crippen molar-refractivity contribution in [2.24, 2.45) is 0 Å². The fraction of sp³-hybridized carbons (Fsp3) is 0.0909. The summed E-state index contributed by atoms with van der Waals surface area (Å²) >= 11 is 3.20. The van der Waals surface area contributed by atoms with Gasteiger partial charge in [-0.15, -0.1) is 0 Å². The van der Waals surface area contributed by atoms with Crippen LogP contribution in [0.3, 0.4) is 0 Å². The lowest BCUT2D eigenvalue weighted by atomic mass is 10.1. The number of benzene rings is 3. The van der Waals surface area contributed by atoms with Crippen LogP contribution >= 0.6 is 15.9 Å². The van der Waals surface area contributed by atoms with Gasteiger partial charge in [-0.1, -0.05) is 40.2 Å². The Bertz CT molecular complexity index is 1310. The maximum atomic E-state index is 13.2. The molecule has 0 aromatic heterocycles. The number of aromatic carboxylic acids is 1. The number of carboxylic acids is 1. The Kier molecular flexibility index (Phi) is 5.55. The summed E-state index contributed by atoms with van der Waals surface area (Å²) in [5.41, 5.74) is 1.73. The first-order chi connectivity index (χ1) is 14.8. The van der Waals surface area contributed by atoms with Crippen LogP contribution in [0.5, 0.6) is 0 Å². The Labute approximate surface area is 187 Å². The van der Waals surface area contributed by atoms with Crippen molar-refractivity contribution in [1.82, 2.24) is 0 Å². The van der Waals surface area contributed by atoms with Crippen molar-refractivity contribution < 1.29 is 23.1 Å². The van der Waals surface area contributed by atoms with Gasteiger partial charge in [0.1, 0.15) is 0 Å². The van der Waals surface area contributed by atoms with Crippen molar-refractivity contribution in [2.45, 2.75) is 11.3 Å². The molecule has 0 unspecified atom stereocenters. The monoisotopic (exact) mass is 500 g/mol. The number of carboxylic acid groups (broad SMARTS) is 1. The minimum atomic E-state index is -3.86. The summed E-state index contributed by atoms with van der Waals surface area (Å²) in [7, 11) is -3.86. The molecule has 1 aliphatic rings. The summed E-state index contributed by atoms with van der Waals surface area (Å²) in [4.78, 5) is 24.2. The molecule has 0 bridgehead atoms. The smallest absolute Gasteiger partial charge is 0.337 e. The molecule has 31 heavy (non-hydrogen) atoms. The zero-order valence-electron chi connectivity index (χ0n) is 16.1. The number of carbonyl (C=O) groups is 2. The highest BCUT2D eigenvalue weighted by atomic mass is 79.9. The Morgan fingerprint density at radius 2 is 1.77 bits per heavy atom. The minimum Gasteiger partial charge on any atom is -0.478 e. The molecule has 7 nitrogen and oxygen atoms in total. The lowest BCUT2D eigenvalue weighted by molar-refractivity contribution is 0.0698. The lowest BCUT2D eigenvalue weighted by Gasteiger charge is -2.20. The van der Waals surface area contributed by atoms with Gasteiger partial charge in [0, 0.05) is 16.6 Å². The number of anilines is 2. The summed E-state index contributed by atoms with van der Waals surface area (Å²) in [5.74, 6) is -1.80. The average Bonchev–Trinajstić information content (AvgIpc) is 3.20. The highest BCUT2D eigenvalue weighted by molar-refractivity contribution is 9.10. The van der Waals surface area contributed by atoms with Gasteiger partial charge in [0.2, 0.25) is 0 Å². The van der Waals surface area contributed by atoms with E-state index in [9.17, 15) is 23.1 Å². The zero-order chi connectivity index (χ0) is 22.2. The second-order valence-electron chi connectivity index (χ2n) is 6.93. The van der Waals surface area contributed by atoms with E-state index >= 15 is 0 Å². The molecule has 0 fully saturated rings. The molecule has 0 atom stereocenters. The van der Waals surface area contributed by atoms with Gasteiger partial charge >= 0.3 is 5.97 Å². The number of carbonyl (C=O) groups excluding carboxylic acids is 1. The summed E-state index contributed by atoms with van der Waals surface area (Å²) in [6.07, 6.45) is 0.622. The van der Waals surface area contributed by atoms with Gasteiger partial charge in [0.15, 0.2) is 0 Å². The van der Waals surface area contributed by atoms with E-state index in [1.54, 1.807) is 18.2 Å². The molecule has 1 aliphatic heterocycles. The van der Waals surface area contributed by atoms with Gasteiger partial charge in [-0.25, -0.2) is 13.2 Å². The molecule has 4 rings (SSSR count). The molecule has 1 heterocycles. The first-order valence-electron chi connectivity index (χ1n) is 9.32. The Balaban J connectivity index is 1.64. The predicted octanol–water partition coefficient (Wildman–Crippen LogP) is 4.15. The standard InChI is InChI=1S/C22H17BrN2O5S/c23-16-8-9-19(18(13-16)22(27)28)24-21(26)15-5-3-6-17(12-15)31(29,30)25-11-10-14-4-1-2-7-20(14)25/h1-9,12-13H,10-11H2,(H,24,26)(H,27,28). The molecule has 0 saturated heterocycles. The van der Waals surface area contributed by atoms with E-state index in [4.69, 9.17) is 0 Å². The third-order valence-electron chi connectivity index (χ3n) is 4.99. The quantitative estimate of drug-likeness (QED) is 0.547. The molecule has 3 aromatic rings. The van der Waals surface area contributed by atoms with Crippen LogP contribution in [0.2, 0.25) is 0 Å². The van der Waals surface area contributed by atoms with Gasteiger partial charge in [-0.3, -0.25) is 9.10 Å². The van der Waals surface area contributed by atoms with E-state index in [1.807, 2.05) is 12.1 Å². The number of para-hydroxylation sites is 1. The van der Waals surface area contributed by atoms with Crippen LogP contribution in [0.1, 0.15) is 26.3 Å². The first-order valence-corrected chi connectivity index (χ1v) is 11.6. The summed E-state index contributed by atoms with van der Waals surface area (Å²) in [6, 6.07) is 17.5. The molecule has 0 saturated carbocycles. The van der Waals surface area contributed by atoms with Crippen LogP contribution in [0.15, 0.2) is 76.1 Å². The van der Waals surface area contributed by atoms with E-state index in [-0.39, 0.29) is 21.7 Å². The topological polar surface area (TPSA) is 104 Å². The molecule has 1 amide bonds. The molecule has 3 aromatic carbocycles. The van der Waals surface area contributed by atoms with Crippen LogP contribution in [0.4, 0.5) is 11.4 Å². The fourth-order valence-electron chi connectivity index (χ4n) is 3.48. The number of hydrogen-bond donors (Lipinski definition) is 2. The van der Waals surface area contributed by atoms with Crippen LogP contribution in [0, 0.1) is 0 Å². The third-order valence-corrected chi connectivity index (χ3v) is 7.29. The maximum Gasteiger partial charge on any atom is 0.337 e. The van der Waals surface area contributed by atoms with Crippen molar-refractivity contribution in [2.75, 3.05) is 16.2 Å². The number of halogens is 1. The van der Waals surface area contributed by atoms with E-state index in [1.165, 1.54) is 40.7 Å².